The van der Waals surface area contributed by atoms with Gasteiger partial charge in [0.15, 0.2) is 0 Å². The highest BCUT2D eigenvalue weighted by molar-refractivity contribution is 6.04. The van der Waals surface area contributed by atoms with Crippen molar-refractivity contribution in [2.75, 3.05) is 36.4 Å². The highest BCUT2D eigenvalue weighted by atomic mass is 16.5. The third-order valence-electron chi connectivity index (χ3n) is 6.31. The molecule has 2 amide bonds. The van der Waals surface area contributed by atoms with E-state index >= 15 is 0 Å². The lowest BCUT2D eigenvalue weighted by Crippen LogP contribution is -2.48. The minimum Gasteiger partial charge on any atom is -0.491 e. The lowest BCUT2D eigenvalue weighted by Gasteiger charge is -2.35. The van der Waals surface area contributed by atoms with Crippen LogP contribution in [0.3, 0.4) is 0 Å². The Morgan fingerprint density at radius 3 is 2.36 bits per heavy atom. The van der Waals surface area contributed by atoms with E-state index in [1.807, 2.05) is 84.6 Å². The normalized spacial score (nSPS) is 14.5. The Balaban J connectivity index is 1.28. The summed E-state index contributed by atoms with van der Waals surface area (Å²) < 4.78 is 5.83. The fourth-order valence-corrected chi connectivity index (χ4v) is 4.01. The van der Waals surface area contributed by atoms with Crippen molar-refractivity contribution < 1.29 is 14.3 Å². The number of carbonyl (C=O) groups excluding carboxylic acids is 2. The van der Waals surface area contributed by atoms with Gasteiger partial charge in [0.2, 0.25) is 5.91 Å². The number of rotatable bonds is 8. The summed E-state index contributed by atoms with van der Waals surface area (Å²) in [5, 5.41) is 2.96. The van der Waals surface area contributed by atoms with Crippen LogP contribution in [0.2, 0.25) is 0 Å². The zero-order chi connectivity index (χ0) is 25.3. The van der Waals surface area contributed by atoms with Crippen LogP contribution in [-0.4, -0.2) is 49.0 Å². The topological polar surface area (TPSA) is 61.9 Å². The maximum absolute atomic E-state index is 12.7. The molecule has 1 fully saturated rings. The van der Waals surface area contributed by atoms with Crippen LogP contribution in [0.4, 0.5) is 11.4 Å². The van der Waals surface area contributed by atoms with Crippen molar-refractivity contribution in [3.8, 4) is 5.75 Å². The van der Waals surface area contributed by atoms with Gasteiger partial charge in [-0.05, 0) is 67.4 Å². The van der Waals surface area contributed by atoms with Gasteiger partial charge < -0.3 is 19.9 Å². The maximum Gasteiger partial charge on any atom is 0.255 e. The van der Waals surface area contributed by atoms with Crippen LogP contribution in [0.15, 0.2) is 84.9 Å². The smallest absolute Gasteiger partial charge is 0.255 e. The summed E-state index contributed by atoms with van der Waals surface area (Å²) in [6.45, 7) is 6.94. The first kappa shape index (κ1) is 25.0. The first-order chi connectivity index (χ1) is 17.5. The molecular formula is C30H33N3O3. The highest BCUT2D eigenvalue weighted by Crippen LogP contribution is 2.21. The molecule has 1 atom stereocenters. The molecule has 186 valence electrons. The molecule has 6 nitrogen and oxygen atoms in total. The number of amides is 2. The molecule has 1 N–H and O–H groups in total. The summed E-state index contributed by atoms with van der Waals surface area (Å²) in [7, 11) is 0. The minimum atomic E-state index is -0.173. The molecule has 0 aromatic heterocycles. The average Bonchev–Trinajstić information content (AvgIpc) is 2.93. The molecule has 6 heteroatoms. The van der Waals surface area contributed by atoms with E-state index in [1.54, 1.807) is 18.2 Å². The molecular weight excluding hydrogens is 450 g/mol. The van der Waals surface area contributed by atoms with E-state index in [1.165, 1.54) is 0 Å². The number of ether oxygens (including phenoxy) is 1. The minimum absolute atomic E-state index is 0.0372. The Morgan fingerprint density at radius 2 is 1.67 bits per heavy atom. The number of anilines is 2. The van der Waals surface area contributed by atoms with Gasteiger partial charge in [0, 0.05) is 49.2 Å². The third-order valence-corrected chi connectivity index (χ3v) is 6.31. The molecule has 0 spiro atoms. The Kier molecular flexibility index (Phi) is 8.40. The van der Waals surface area contributed by atoms with Crippen molar-refractivity contribution in [1.29, 1.82) is 0 Å². The standard InChI is InChI=1S/C30H33N3O3/c1-3-23(2)36-28-11-7-10-25(22-28)30(35)31-26-13-15-27(16-14-26)32-18-20-33(21-19-32)29(34)17-12-24-8-5-4-6-9-24/h4-17,22-23H,3,18-21H2,1-2H3,(H,31,35)/b17-12+/t23-/m1/s1. The monoisotopic (exact) mass is 483 g/mol. The molecule has 0 aliphatic carbocycles. The van der Waals surface area contributed by atoms with E-state index in [0.717, 1.165) is 36.4 Å². The number of nitrogens with zero attached hydrogens (tertiary/aromatic N) is 2. The van der Waals surface area contributed by atoms with Gasteiger partial charge in [-0.15, -0.1) is 0 Å². The zero-order valence-electron chi connectivity index (χ0n) is 20.9. The number of carbonyl (C=O) groups is 2. The van der Waals surface area contributed by atoms with Crippen molar-refractivity contribution >= 4 is 29.3 Å². The van der Waals surface area contributed by atoms with Crippen LogP contribution >= 0.6 is 0 Å². The first-order valence-electron chi connectivity index (χ1n) is 12.5. The van der Waals surface area contributed by atoms with Crippen LogP contribution < -0.4 is 15.0 Å². The molecule has 36 heavy (non-hydrogen) atoms. The summed E-state index contributed by atoms with van der Waals surface area (Å²) in [6.07, 6.45) is 4.51. The molecule has 0 saturated carbocycles. The molecule has 4 rings (SSSR count). The summed E-state index contributed by atoms with van der Waals surface area (Å²) >= 11 is 0. The van der Waals surface area contributed by atoms with E-state index in [4.69, 9.17) is 4.74 Å². The zero-order valence-corrected chi connectivity index (χ0v) is 20.9. The lowest BCUT2D eigenvalue weighted by molar-refractivity contribution is -0.126. The Hall–Kier alpha value is -4.06. The van der Waals surface area contributed by atoms with Gasteiger partial charge in [-0.25, -0.2) is 0 Å². The predicted octanol–water partition coefficient (Wildman–Crippen LogP) is 5.48. The van der Waals surface area contributed by atoms with Crippen molar-refractivity contribution in [3.05, 3.63) is 96.1 Å². The Morgan fingerprint density at radius 1 is 0.944 bits per heavy atom. The lowest BCUT2D eigenvalue weighted by atomic mass is 10.2. The second kappa shape index (κ2) is 12.1. The maximum atomic E-state index is 12.7. The van der Waals surface area contributed by atoms with Crippen LogP contribution in [0.1, 0.15) is 36.2 Å². The molecule has 0 radical (unpaired) electrons. The van der Waals surface area contributed by atoms with Gasteiger partial charge in [0.05, 0.1) is 6.10 Å². The van der Waals surface area contributed by atoms with Crippen LogP contribution in [-0.2, 0) is 4.79 Å². The van der Waals surface area contributed by atoms with Gasteiger partial charge in [0.1, 0.15) is 5.75 Å². The van der Waals surface area contributed by atoms with Crippen LogP contribution in [0, 0.1) is 0 Å². The van der Waals surface area contributed by atoms with Crippen molar-refractivity contribution in [3.63, 3.8) is 0 Å². The largest absolute Gasteiger partial charge is 0.491 e. The van der Waals surface area contributed by atoms with Gasteiger partial charge >= 0.3 is 0 Å². The van der Waals surface area contributed by atoms with Crippen molar-refractivity contribution in [1.82, 2.24) is 4.90 Å². The fraction of sp³-hybridized carbons (Fsp3) is 0.267. The molecule has 1 aliphatic heterocycles. The van der Waals surface area contributed by atoms with E-state index in [2.05, 4.69) is 17.1 Å². The van der Waals surface area contributed by atoms with Gasteiger partial charge in [-0.2, -0.15) is 0 Å². The Labute approximate surface area is 213 Å². The summed E-state index contributed by atoms with van der Waals surface area (Å²) in [5.74, 6) is 0.559. The quantitative estimate of drug-likeness (QED) is 0.431. The van der Waals surface area contributed by atoms with Crippen molar-refractivity contribution in [2.24, 2.45) is 0 Å². The Bertz CT molecular complexity index is 1180. The van der Waals surface area contributed by atoms with E-state index < -0.39 is 0 Å². The van der Waals surface area contributed by atoms with E-state index in [9.17, 15) is 9.59 Å². The number of benzene rings is 3. The van der Waals surface area contributed by atoms with Crippen LogP contribution in [0.5, 0.6) is 5.75 Å². The third kappa shape index (κ3) is 6.75. The second-order valence-corrected chi connectivity index (χ2v) is 8.92. The fourth-order valence-electron chi connectivity index (χ4n) is 4.01. The summed E-state index contributed by atoms with van der Waals surface area (Å²) in [6, 6.07) is 24.9. The molecule has 0 bridgehead atoms. The number of piperazine rings is 1. The number of hydrogen-bond donors (Lipinski definition) is 1. The number of hydrogen-bond acceptors (Lipinski definition) is 4. The second-order valence-electron chi connectivity index (χ2n) is 8.92. The van der Waals surface area contributed by atoms with Crippen molar-refractivity contribution in [2.45, 2.75) is 26.4 Å². The highest BCUT2D eigenvalue weighted by Gasteiger charge is 2.20. The molecule has 3 aromatic carbocycles. The van der Waals surface area contributed by atoms with E-state index in [0.29, 0.717) is 24.4 Å². The molecule has 3 aromatic rings. The molecule has 1 aliphatic rings. The molecule has 1 saturated heterocycles. The average molecular weight is 484 g/mol. The molecule has 0 unspecified atom stereocenters. The van der Waals surface area contributed by atoms with Gasteiger partial charge in [-0.3, -0.25) is 9.59 Å². The molecule has 1 heterocycles. The van der Waals surface area contributed by atoms with E-state index in [-0.39, 0.29) is 17.9 Å². The van der Waals surface area contributed by atoms with Gasteiger partial charge in [0.25, 0.3) is 5.91 Å². The van der Waals surface area contributed by atoms with Crippen LogP contribution in [0.25, 0.3) is 6.08 Å². The SMILES string of the molecule is CC[C@@H](C)Oc1cccc(C(=O)Nc2ccc(N3CCN(C(=O)/C=C/c4ccccc4)CC3)cc2)c1. The summed E-state index contributed by atoms with van der Waals surface area (Å²) in [4.78, 5) is 29.4. The van der Waals surface area contributed by atoms with Gasteiger partial charge in [-0.1, -0.05) is 43.3 Å². The summed E-state index contributed by atoms with van der Waals surface area (Å²) in [5.41, 5.74) is 3.38. The predicted molar refractivity (Wildman–Crippen MR) is 145 cm³/mol. The number of nitrogens with one attached hydrogen (secondary N) is 1. The first-order valence-corrected chi connectivity index (χ1v) is 12.5.